The number of hydrogen-bond donors (Lipinski definition) is 2. The summed E-state index contributed by atoms with van der Waals surface area (Å²) in [4.78, 5) is 14.8. The van der Waals surface area contributed by atoms with Crippen LogP contribution in [-0.2, 0) is 11.3 Å². The first kappa shape index (κ1) is 17.8. The molecule has 0 aromatic heterocycles. The van der Waals surface area contributed by atoms with Gasteiger partial charge in [-0.2, -0.15) is 11.8 Å². The molecule has 132 valence electrons. The molecule has 3 rings (SSSR count). The molecule has 0 aliphatic carbocycles. The number of likely N-dealkylation sites (tertiary alicyclic amines) is 1. The maximum Gasteiger partial charge on any atom is 0.221 e. The second kappa shape index (κ2) is 9.44. The molecule has 0 radical (unpaired) electrons. The molecule has 4 nitrogen and oxygen atoms in total. The highest BCUT2D eigenvalue weighted by atomic mass is 32.2. The molecule has 2 aliphatic heterocycles. The van der Waals surface area contributed by atoms with E-state index in [0.717, 1.165) is 37.7 Å². The Morgan fingerprint density at radius 2 is 2.17 bits per heavy atom. The van der Waals surface area contributed by atoms with Gasteiger partial charge in [0.2, 0.25) is 5.91 Å². The number of thioether (sulfide) groups is 1. The Labute approximate surface area is 149 Å². The Bertz CT molecular complexity index is 505. The second-order valence-electron chi connectivity index (χ2n) is 6.84. The van der Waals surface area contributed by atoms with Crippen LogP contribution in [0.3, 0.4) is 0 Å². The number of nitrogens with zero attached hydrogens (tertiary/aromatic N) is 1. The SMILES string of the molecule is O=C(CC1CSCCN1)NCC1CCCCN1Cc1ccccc1. The van der Waals surface area contributed by atoms with E-state index < -0.39 is 0 Å². The van der Waals surface area contributed by atoms with Gasteiger partial charge >= 0.3 is 0 Å². The number of amides is 1. The van der Waals surface area contributed by atoms with E-state index in [1.54, 1.807) is 0 Å². The minimum Gasteiger partial charge on any atom is -0.354 e. The summed E-state index contributed by atoms with van der Waals surface area (Å²) in [6, 6.07) is 11.5. The van der Waals surface area contributed by atoms with Crippen molar-refractivity contribution in [3.8, 4) is 0 Å². The third-order valence-corrected chi connectivity index (χ3v) is 6.07. The van der Waals surface area contributed by atoms with Crippen LogP contribution in [-0.4, -0.2) is 54.0 Å². The highest BCUT2D eigenvalue weighted by Gasteiger charge is 2.23. The van der Waals surface area contributed by atoms with Crippen molar-refractivity contribution in [3.05, 3.63) is 35.9 Å². The van der Waals surface area contributed by atoms with Gasteiger partial charge in [0.1, 0.15) is 0 Å². The number of carbonyl (C=O) groups is 1. The molecule has 2 atom stereocenters. The lowest BCUT2D eigenvalue weighted by Crippen LogP contribution is -2.47. The van der Waals surface area contributed by atoms with Crippen molar-refractivity contribution in [3.63, 3.8) is 0 Å². The van der Waals surface area contributed by atoms with Crippen LogP contribution in [0.5, 0.6) is 0 Å². The molecule has 2 fully saturated rings. The van der Waals surface area contributed by atoms with Crippen LogP contribution in [0, 0.1) is 0 Å². The molecule has 2 N–H and O–H groups in total. The van der Waals surface area contributed by atoms with Crippen molar-refractivity contribution in [2.45, 2.75) is 44.3 Å². The first-order valence-corrected chi connectivity index (χ1v) is 10.3. The first-order valence-electron chi connectivity index (χ1n) is 9.17. The smallest absolute Gasteiger partial charge is 0.221 e. The van der Waals surface area contributed by atoms with Crippen molar-refractivity contribution >= 4 is 17.7 Å². The first-order chi connectivity index (χ1) is 11.8. The molecule has 2 unspecified atom stereocenters. The fourth-order valence-corrected chi connectivity index (χ4v) is 4.54. The van der Waals surface area contributed by atoms with E-state index >= 15 is 0 Å². The molecular weight excluding hydrogens is 318 g/mol. The van der Waals surface area contributed by atoms with E-state index in [1.807, 2.05) is 11.8 Å². The van der Waals surface area contributed by atoms with Crippen molar-refractivity contribution in [1.82, 2.24) is 15.5 Å². The van der Waals surface area contributed by atoms with Gasteiger partial charge in [-0.15, -0.1) is 0 Å². The van der Waals surface area contributed by atoms with Crippen molar-refractivity contribution in [2.75, 3.05) is 31.1 Å². The molecule has 0 bridgehead atoms. The van der Waals surface area contributed by atoms with Crippen molar-refractivity contribution in [1.29, 1.82) is 0 Å². The van der Waals surface area contributed by atoms with E-state index in [2.05, 4.69) is 45.9 Å². The summed E-state index contributed by atoms with van der Waals surface area (Å²) in [6.07, 6.45) is 4.33. The largest absolute Gasteiger partial charge is 0.354 e. The van der Waals surface area contributed by atoms with Crippen molar-refractivity contribution in [2.24, 2.45) is 0 Å². The van der Waals surface area contributed by atoms with Gasteiger partial charge in [0.05, 0.1) is 0 Å². The number of piperidine rings is 1. The third kappa shape index (κ3) is 5.50. The predicted molar refractivity (Wildman–Crippen MR) is 101 cm³/mol. The van der Waals surface area contributed by atoms with Gasteiger partial charge in [-0.1, -0.05) is 36.8 Å². The zero-order valence-electron chi connectivity index (χ0n) is 14.4. The number of hydrogen-bond acceptors (Lipinski definition) is 4. The Kier molecular flexibility index (Phi) is 6.99. The van der Waals surface area contributed by atoms with Gasteiger partial charge in [0.25, 0.3) is 0 Å². The van der Waals surface area contributed by atoms with Crippen molar-refractivity contribution < 1.29 is 4.79 Å². The third-order valence-electron chi connectivity index (χ3n) is 4.94. The van der Waals surface area contributed by atoms with Crippen LogP contribution in [0.15, 0.2) is 30.3 Å². The molecule has 5 heteroatoms. The molecule has 2 aliphatic rings. The fraction of sp³-hybridized carbons (Fsp3) is 0.632. The zero-order valence-corrected chi connectivity index (χ0v) is 15.2. The van der Waals surface area contributed by atoms with Gasteiger partial charge in [-0.3, -0.25) is 9.69 Å². The lowest BCUT2D eigenvalue weighted by atomic mass is 10.0. The minimum atomic E-state index is 0.195. The van der Waals surface area contributed by atoms with Crippen LogP contribution in [0.4, 0.5) is 0 Å². The maximum atomic E-state index is 12.2. The van der Waals surface area contributed by atoms with E-state index in [0.29, 0.717) is 18.5 Å². The summed E-state index contributed by atoms with van der Waals surface area (Å²) in [5, 5.41) is 6.62. The van der Waals surface area contributed by atoms with E-state index in [9.17, 15) is 4.79 Å². The highest BCUT2D eigenvalue weighted by Crippen LogP contribution is 2.19. The number of nitrogens with one attached hydrogen (secondary N) is 2. The minimum absolute atomic E-state index is 0.195. The van der Waals surface area contributed by atoms with Gasteiger partial charge in [-0.05, 0) is 24.9 Å². The van der Waals surface area contributed by atoms with E-state index in [1.165, 1.54) is 24.8 Å². The average Bonchev–Trinajstić information content (AvgIpc) is 2.63. The van der Waals surface area contributed by atoms with Crippen LogP contribution in [0.25, 0.3) is 0 Å². The maximum absolute atomic E-state index is 12.2. The number of benzene rings is 1. The summed E-state index contributed by atoms with van der Waals surface area (Å²) >= 11 is 1.94. The predicted octanol–water partition coefficient (Wildman–Crippen LogP) is 2.25. The van der Waals surface area contributed by atoms with E-state index in [-0.39, 0.29) is 5.91 Å². The van der Waals surface area contributed by atoms with Gasteiger partial charge in [0, 0.05) is 49.6 Å². The van der Waals surface area contributed by atoms with Gasteiger partial charge in [0.15, 0.2) is 0 Å². The quantitative estimate of drug-likeness (QED) is 0.828. The van der Waals surface area contributed by atoms with Crippen LogP contribution in [0.2, 0.25) is 0 Å². The number of rotatable bonds is 6. The Morgan fingerprint density at radius 1 is 1.29 bits per heavy atom. The standard InChI is InChI=1S/C19H29N3OS/c23-19(12-17-15-24-11-9-20-17)21-13-18-8-4-5-10-22(18)14-16-6-2-1-3-7-16/h1-3,6-7,17-18,20H,4-5,8-15H2,(H,21,23). The van der Waals surface area contributed by atoms with E-state index in [4.69, 9.17) is 0 Å². The normalized spacial score (nSPS) is 25.3. The average molecular weight is 348 g/mol. The molecule has 2 heterocycles. The number of carbonyl (C=O) groups excluding carboxylic acids is 1. The molecule has 1 aromatic carbocycles. The van der Waals surface area contributed by atoms with Crippen LogP contribution in [0.1, 0.15) is 31.2 Å². The summed E-state index contributed by atoms with van der Waals surface area (Å²) in [5.41, 5.74) is 1.36. The summed E-state index contributed by atoms with van der Waals surface area (Å²) in [6.45, 7) is 3.93. The summed E-state index contributed by atoms with van der Waals surface area (Å²) in [7, 11) is 0. The molecule has 0 saturated carbocycles. The van der Waals surface area contributed by atoms with Gasteiger partial charge in [-0.25, -0.2) is 0 Å². The van der Waals surface area contributed by atoms with Crippen LogP contribution >= 0.6 is 11.8 Å². The topological polar surface area (TPSA) is 44.4 Å². The van der Waals surface area contributed by atoms with Crippen LogP contribution < -0.4 is 10.6 Å². The molecule has 0 spiro atoms. The molecule has 1 aromatic rings. The zero-order chi connectivity index (χ0) is 16.6. The Morgan fingerprint density at radius 3 is 2.96 bits per heavy atom. The molecular formula is C19H29N3OS. The molecule has 1 amide bonds. The fourth-order valence-electron chi connectivity index (χ4n) is 3.60. The monoisotopic (exact) mass is 347 g/mol. The molecule has 24 heavy (non-hydrogen) atoms. The molecule has 2 saturated heterocycles. The Hall–Kier alpha value is -1.04. The second-order valence-corrected chi connectivity index (χ2v) is 7.99. The lowest BCUT2D eigenvalue weighted by Gasteiger charge is -2.36. The highest BCUT2D eigenvalue weighted by molar-refractivity contribution is 7.99. The van der Waals surface area contributed by atoms with Gasteiger partial charge < -0.3 is 10.6 Å². The summed E-state index contributed by atoms with van der Waals surface area (Å²) in [5.74, 6) is 2.41. The Balaban J connectivity index is 1.45. The summed E-state index contributed by atoms with van der Waals surface area (Å²) < 4.78 is 0. The lowest BCUT2D eigenvalue weighted by molar-refractivity contribution is -0.121.